The third-order valence-electron chi connectivity index (χ3n) is 4.00. The Hall–Kier alpha value is -3.43. The van der Waals surface area contributed by atoms with Crippen molar-refractivity contribution in [3.05, 3.63) is 59.1 Å². The zero-order valence-corrected chi connectivity index (χ0v) is 19.2. The van der Waals surface area contributed by atoms with Crippen LogP contribution in [0, 0.1) is 0 Å². The first kappa shape index (κ1) is 25.8. The molecule has 2 aromatic carbocycles. The van der Waals surface area contributed by atoms with Crippen molar-refractivity contribution >= 4 is 41.2 Å². The number of nitrogens with one attached hydrogen (secondary N) is 3. The zero-order valence-electron chi connectivity index (χ0n) is 18.5. The minimum absolute atomic E-state index is 0.119. The normalized spacial score (nSPS) is 10.8. The maximum atomic E-state index is 12.0. The molecule has 0 spiro atoms. The molecular weight excluding hydrogens is 448 g/mol. The Morgan fingerprint density at radius 2 is 1.85 bits per heavy atom. The predicted octanol–water partition coefficient (Wildman–Crippen LogP) is 2.74. The number of hydrazone groups is 1. The lowest BCUT2D eigenvalue weighted by Gasteiger charge is -2.08. The van der Waals surface area contributed by atoms with Gasteiger partial charge in [-0.25, -0.2) is 5.43 Å². The van der Waals surface area contributed by atoms with Crippen LogP contribution in [0.3, 0.4) is 0 Å². The molecule has 0 heterocycles. The van der Waals surface area contributed by atoms with E-state index < -0.39 is 11.8 Å². The van der Waals surface area contributed by atoms with Crippen LogP contribution in [0.2, 0.25) is 5.02 Å². The highest BCUT2D eigenvalue weighted by atomic mass is 35.5. The smallest absolute Gasteiger partial charge is 0.329 e. The number of nitrogens with zero attached hydrogens (tertiary/aromatic N) is 1. The van der Waals surface area contributed by atoms with Gasteiger partial charge >= 0.3 is 11.8 Å². The van der Waals surface area contributed by atoms with E-state index in [0.29, 0.717) is 41.6 Å². The van der Waals surface area contributed by atoms with E-state index in [1.165, 1.54) is 6.21 Å². The fraction of sp³-hybridized carbons (Fsp3) is 0.304. The number of benzene rings is 2. The average Bonchev–Trinajstić information content (AvgIpc) is 2.79. The molecule has 2 aromatic rings. The number of amides is 3. The van der Waals surface area contributed by atoms with Crippen LogP contribution >= 0.6 is 11.6 Å². The van der Waals surface area contributed by atoms with Crippen molar-refractivity contribution in [1.82, 2.24) is 10.7 Å². The molecule has 10 heteroatoms. The van der Waals surface area contributed by atoms with Crippen LogP contribution in [0.5, 0.6) is 5.75 Å². The summed E-state index contributed by atoms with van der Waals surface area (Å²) in [5.41, 5.74) is 3.38. The van der Waals surface area contributed by atoms with Gasteiger partial charge in [-0.3, -0.25) is 14.4 Å². The highest BCUT2D eigenvalue weighted by Gasteiger charge is 2.11. The largest absolute Gasteiger partial charge is 0.484 e. The quantitative estimate of drug-likeness (QED) is 0.200. The average molecular weight is 475 g/mol. The molecule has 3 amide bonds. The number of carbonyl (C=O) groups excluding carboxylic acids is 3. The standard InChI is InChI=1S/C23H27ClN4O5/c1-16(2)32-12-4-11-25-22(30)23(31)28-26-14-17-5-3-6-20(13-17)33-15-21(29)27-19-9-7-18(24)8-10-19/h3,5-10,13-14,16H,4,11-12,15H2,1-2H3,(H,25,30)(H,27,29)(H,28,31)/b26-14-. The van der Waals surface area contributed by atoms with E-state index in [-0.39, 0.29) is 18.6 Å². The summed E-state index contributed by atoms with van der Waals surface area (Å²) in [4.78, 5) is 35.5. The molecule has 0 unspecified atom stereocenters. The highest BCUT2D eigenvalue weighted by molar-refractivity contribution is 6.35. The first-order chi connectivity index (χ1) is 15.8. The van der Waals surface area contributed by atoms with Crippen LogP contribution in [0.25, 0.3) is 0 Å². The number of carbonyl (C=O) groups is 3. The van der Waals surface area contributed by atoms with E-state index in [9.17, 15) is 14.4 Å². The molecule has 0 saturated heterocycles. The molecule has 0 aromatic heterocycles. The van der Waals surface area contributed by atoms with Crippen LogP contribution in [-0.4, -0.2) is 49.8 Å². The van der Waals surface area contributed by atoms with Crippen LogP contribution in [0.4, 0.5) is 5.69 Å². The molecule has 0 bridgehead atoms. The molecule has 2 rings (SSSR count). The van der Waals surface area contributed by atoms with E-state index in [1.54, 1.807) is 48.5 Å². The summed E-state index contributed by atoms with van der Waals surface area (Å²) in [6, 6.07) is 13.5. The minimum atomic E-state index is -0.873. The Bertz CT molecular complexity index is 964. The molecular formula is C23H27ClN4O5. The second kappa shape index (κ2) is 13.9. The third kappa shape index (κ3) is 10.6. The van der Waals surface area contributed by atoms with Gasteiger partial charge in [-0.2, -0.15) is 5.10 Å². The van der Waals surface area contributed by atoms with Crippen molar-refractivity contribution in [3.8, 4) is 5.75 Å². The fourth-order valence-corrected chi connectivity index (χ4v) is 2.58. The summed E-state index contributed by atoms with van der Waals surface area (Å²) in [6.07, 6.45) is 2.08. The maximum absolute atomic E-state index is 12.0. The molecule has 0 radical (unpaired) electrons. The molecule has 0 aliphatic heterocycles. The van der Waals surface area contributed by atoms with Crippen molar-refractivity contribution < 1.29 is 23.9 Å². The lowest BCUT2D eigenvalue weighted by Crippen LogP contribution is -2.38. The molecule has 0 saturated carbocycles. The Kier molecular flexibility index (Phi) is 10.9. The van der Waals surface area contributed by atoms with Crippen LogP contribution < -0.4 is 20.8 Å². The zero-order chi connectivity index (χ0) is 24.1. The van der Waals surface area contributed by atoms with E-state index >= 15 is 0 Å². The van der Waals surface area contributed by atoms with Gasteiger partial charge in [0, 0.05) is 23.9 Å². The van der Waals surface area contributed by atoms with E-state index in [0.717, 1.165) is 0 Å². The number of anilines is 1. The monoisotopic (exact) mass is 474 g/mol. The fourth-order valence-electron chi connectivity index (χ4n) is 2.45. The summed E-state index contributed by atoms with van der Waals surface area (Å²) >= 11 is 5.82. The Morgan fingerprint density at radius 1 is 1.09 bits per heavy atom. The van der Waals surface area contributed by atoms with Crippen molar-refractivity contribution in [2.45, 2.75) is 26.4 Å². The molecule has 176 valence electrons. The molecule has 33 heavy (non-hydrogen) atoms. The minimum Gasteiger partial charge on any atom is -0.484 e. The first-order valence-corrected chi connectivity index (χ1v) is 10.7. The number of ether oxygens (including phenoxy) is 2. The van der Waals surface area contributed by atoms with Gasteiger partial charge in [-0.1, -0.05) is 23.7 Å². The Balaban J connectivity index is 1.73. The van der Waals surface area contributed by atoms with Crippen LogP contribution in [0.1, 0.15) is 25.8 Å². The second-order valence-electron chi connectivity index (χ2n) is 7.14. The number of hydrogen-bond donors (Lipinski definition) is 3. The number of halogens is 1. The summed E-state index contributed by atoms with van der Waals surface area (Å²) < 4.78 is 10.8. The van der Waals surface area contributed by atoms with Gasteiger partial charge in [0.05, 0.1) is 12.3 Å². The Labute approximate surface area is 197 Å². The van der Waals surface area contributed by atoms with Gasteiger partial charge in [0.15, 0.2) is 6.61 Å². The van der Waals surface area contributed by atoms with Crippen molar-refractivity contribution in [2.75, 3.05) is 25.1 Å². The molecule has 9 nitrogen and oxygen atoms in total. The van der Waals surface area contributed by atoms with Crippen LogP contribution in [0.15, 0.2) is 53.6 Å². The molecule has 0 aliphatic carbocycles. The summed E-state index contributed by atoms with van der Waals surface area (Å²) in [6.45, 7) is 4.48. The van der Waals surface area contributed by atoms with E-state index in [2.05, 4.69) is 21.2 Å². The van der Waals surface area contributed by atoms with Gasteiger partial charge in [-0.05, 0) is 62.2 Å². The lowest BCUT2D eigenvalue weighted by molar-refractivity contribution is -0.139. The van der Waals surface area contributed by atoms with Gasteiger partial charge in [0.1, 0.15) is 5.75 Å². The lowest BCUT2D eigenvalue weighted by atomic mass is 10.2. The molecule has 0 aliphatic rings. The SMILES string of the molecule is CC(C)OCCCNC(=O)C(=O)N/N=C\c1cccc(OCC(=O)Nc2ccc(Cl)cc2)c1. The topological polar surface area (TPSA) is 118 Å². The van der Waals surface area contributed by atoms with Crippen molar-refractivity contribution in [3.63, 3.8) is 0 Å². The van der Waals surface area contributed by atoms with Gasteiger partial charge in [-0.15, -0.1) is 0 Å². The highest BCUT2D eigenvalue weighted by Crippen LogP contribution is 2.14. The molecule has 3 N–H and O–H groups in total. The third-order valence-corrected chi connectivity index (χ3v) is 4.25. The van der Waals surface area contributed by atoms with Gasteiger partial charge < -0.3 is 20.1 Å². The van der Waals surface area contributed by atoms with E-state index in [1.807, 2.05) is 13.8 Å². The maximum Gasteiger partial charge on any atom is 0.329 e. The van der Waals surface area contributed by atoms with Crippen LogP contribution in [-0.2, 0) is 19.1 Å². The van der Waals surface area contributed by atoms with E-state index in [4.69, 9.17) is 21.1 Å². The molecule has 0 atom stereocenters. The number of rotatable bonds is 11. The van der Waals surface area contributed by atoms with Gasteiger partial charge in [0.2, 0.25) is 0 Å². The molecule has 0 fully saturated rings. The van der Waals surface area contributed by atoms with Crippen molar-refractivity contribution in [2.24, 2.45) is 5.10 Å². The summed E-state index contributed by atoms with van der Waals surface area (Å²) in [5, 5.41) is 9.54. The first-order valence-electron chi connectivity index (χ1n) is 10.3. The second-order valence-corrected chi connectivity index (χ2v) is 7.58. The number of hydrogen-bond acceptors (Lipinski definition) is 6. The van der Waals surface area contributed by atoms with Crippen molar-refractivity contribution in [1.29, 1.82) is 0 Å². The summed E-state index contributed by atoms with van der Waals surface area (Å²) in [5.74, 6) is -1.54. The predicted molar refractivity (Wildman–Crippen MR) is 126 cm³/mol. The Morgan fingerprint density at radius 3 is 2.58 bits per heavy atom. The summed E-state index contributed by atoms with van der Waals surface area (Å²) in [7, 11) is 0. The van der Waals surface area contributed by atoms with Gasteiger partial charge in [0.25, 0.3) is 5.91 Å².